The summed E-state index contributed by atoms with van der Waals surface area (Å²) in [5.74, 6) is 1.89. The van der Waals surface area contributed by atoms with E-state index in [1.165, 1.54) is 32.1 Å². The molecule has 0 amide bonds. The predicted molar refractivity (Wildman–Crippen MR) is 47.3 cm³/mol. The van der Waals surface area contributed by atoms with Gasteiger partial charge in [-0.05, 0) is 49.2 Å². The van der Waals surface area contributed by atoms with E-state index in [0.29, 0.717) is 0 Å². The Morgan fingerprint density at radius 1 is 1.55 bits per heavy atom. The summed E-state index contributed by atoms with van der Waals surface area (Å²) in [6.45, 7) is 2.24. The van der Waals surface area contributed by atoms with Crippen molar-refractivity contribution in [1.82, 2.24) is 0 Å². The molecule has 0 heterocycles. The molecule has 0 aromatic heterocycles. The lowest BCUT2D eigenvalue weighted by molar-refractivity contribution is 0.243. The molecule has 0 heteroatoms. The van der Waals surface area contributed by atoms with Gasteiger partial charge in [-0.1, -0.05) is 13.3 Å². The smallest absolute Gasteiger partial charge is 0.00858 e. The van der Waals surface area contributed by atoms with Crippen molar-refractivity contribution < 1.29 is 0 Å². The van der Waals surface area contributed by atoms with Crippen LogP contribution in [0.2, 0.25) is 0 Å². The zero-order chi connectivity index (χ0) is 7.68. The number of hydrogen-bond donors (Lipinski definition) is 0. The van der Waals surface area contributed by atoms with E-state index in [0.717, 1.165) is 11.8 Å². The van der Waals surface area contributed by atoms with E-state index in [2.05, 4.69) is 18.7 Å². The SMILES string of the molecule is CCC1=C=CC(C2CCC2)C1. The molecule has 60 valence electrons. The van der Waals surface area contributed by atoms with Crippen molar-refractivity contribution in [2.24, 2.45) is 11.8 Å². The van der Waals surface area contributed by atoms with Gasteiger partial charge in [-0.25, -0.2) is 0 Å². The largest absolute Gasteiger partial charge is 0.126 e. The Kier molecular flexibility index (Phi) is 1.87. The average Bonchev–Trinajstić information content (AvgIpc) is 2.32. The van der Waals surface area contributed by atoms with Gasteiger partial charge in [0.05, 0.1) is 0 Å². The second-order valence-electron chi connectivity index (χ2n) is 3.83. The third-order valence-corrected chi connectivity index (χ3v) is 3.17. The first-order valence-corrected chi connectivity index (χ1v) is 4.84. The van der Waals surface area contributed by atoms with Crippen molar-refractivity contribution in [3.63, 3.8) is 0 Å². The highest BCUT2D eigenvalue weighted by atomic mass is 14.3. The van der Waals surface area contributed by atoms with Gasteiger partial charge >= 0.3 is 0 Å². The molecule has 0 saturated heterocycles. The van der Waals surface area contributed by atoms with E-state index in [1.807, 2.05) is 0 Å². The zero-order valence-electron chi connectivity index (χ0n) is 7.27. The van der Waals surface area contributed by atoms with Crippen LogP contribution in [0.15, 0.2) is 17.4 Å². The minimum absolute atomic E-state index is 0.874. The van der Waals surface area contributed by atoms with Gasteiger partial charge in [-0.2, -0.15) is 0 Å². The van der Waals surface area contributed by atoms with Crippen LogP contribution in [0, 0.1) is 11.8 Å². The van der Waals surface area contributed by atoms with Crippen LogP contribution >= 0.6 is 0 Å². The highest BCUT2D eigenvalue weighted by molar-refractivity contribution is 5.13. The van der Waals surface area contributed by atoms with Crippen molar-refractivity contribution in [2.75, 3.05) is 0 Å². The Hall–Kier alpha value is -0.480. The summed E-state index contributed by atoms with van der Waals surface area (Å²) in [6.07, 6.45) is 9.26. The summed E-state index contributed by atoms with van der Waals surface area (Å²) in [7, 11) is 0. The summed E-state index contributed by atoms with van der Waals surface area (Å²) in [4.78, 5) is 0. The van der Waals surface area contributed by atoms with Crippen molar-refractivity contribution in [3.8, 4) is 0 Å². The third-order valence-electron chi connectivity index (χ3n) is 3.17. The normalized spacial score (nSPS) is 30.3. The lowest BCUT2D eigenvalue weighted by atomic mass is 9.75. The van der Waals surface area contributed by atoms with Gasteiger partial charge in [0.15, 0.2) is 0 Å². The van der Waals surface area contributed by atoms with Crippen molar-refractivity contribution >= 4 is 0 Å². The quantitative estimate of drug-likeness (QED) is 0.527. The zero-order valence-corrected chi connectivity index (χ0v) is 7.27. The van der Waals surface area contributed by atoms with Crippen LogP contribution in [-0.4, -0.2) is 0 Å². The molecule has 1 unspecified atom stereocenters. The first-order chi connectivity index (χ1) is 5.40. The maximum absolute atomic E-state index is 3.40. The Balaban J connectivity index is 1.89. The molecule has 0 spiro atoms. The van der Waals surface area contributed by atoms with Crippen molar-refractivity contribution in [1.29, 1.82) is 0 Å². The van der Waals surface area contributed by atoms with Gasteiger partial charge in [-0.3, -0.25) is 0 Å². The van der Waals surface area contributed by atoms with Crippen molar-refractivity contribution in [3.05, 3.63) is 17.4 Å². The molecular formula is C11H16. The molecule has 0 bridgehead atoms. The molecule has 0 N–H and O–H groups in total. The number of rotatable bonds is 2. The lowest BCUT2D eigenvalue weighted by Crippen LogP contribution is -2.19. The minimum atomic E-state index is 0.874. The minimum Gasteiger partial charge on any atom is -0.126 e. The molecule has 1 atom stereocenters. The molecule has 0 aromatic rings. The highest BCUT2D eigenvalue weighted by Crippen LogP contribution is 2.39. The Morgan fingerprint density at radius 3 is 2.82 bits per heavy atom. The van der Waals surface area contributed by atoms with Gasteiger partial charge in [0.1, 0.15) is 0 Å². The molecule has 2 aliphatic rings. The molecule has 0 aliphatic heterocycles. The molecule has 0 radical (unpaired) electrons. The average molecular weight is 148 g/mol. The van der Waals surface area contributed by atoms with Gasteiger partial charge in [0.2, 0.25) is 0 Å². The molecule has 1 saturated carbocycles. The molecule has 0 aromatic carbocycles. The first-order valence-electron chi connectivity index (χ1n) is 4.84. The van der Waals surface area contributed by atoms with Crippen LogP contribution in [0.5, 0.6) is 0 Å². The fourth-order valence-electron chi connectivity index (χ4n) is 2.04. The van der Waals surface area contributed by atoms with Crippen LogP contribution < -0.4 is 0 Å². The maximum Gasteiger partial charge on any atom is -0.00858 e. The second-order valence-corrected chi connectivity index (χ2v) is 3.83. The summed E-state index contributed by atoms with van der Waals surface area (Å²) in [6, 6.07) is 0. The van der Waals surface area contributed by atoms with E-state index in [4.69, 9.17) is 0 Å². The van der Waals surface area contributed by atoms with Gasteiger partial charge in [0.25, 0.3) is 0 Å². The Labute approximate surface area is 69.0 Å². The Bertz CT molecular complexity index is 202. The number of hydrogen-bond acceptors (Lipinski definition) is 0. The highest BCUT2D eigenvalue weighted by Gasteiger charge is 2.27. The lowest BCUT2D eigenvalue weighted by Gasteiger charge is -2.30. The fourth-order valence-corrected chi connectivity index (χ4v) is 2.04. The Morgan fingerprint density at radius 2 is 2.36 bits per heavy atom. The van der Waals surface area contributed by atoms with Crippen LogP contribution in [0.4, 0.5) is 0 Å². The molecule has 11 heavy (non-hydrogen) atoms. The van der Waals surface area contributed by atoms with E-state index in [1.54, 1.807) is 5.57 Å². The van der Waals surface area contributed by atoms with Crippen LogP contribution in [0.3, 0.4) is 0 Å². The number of allylic oxidation sites excluding steroid dienone is 1. The predicted octanol–water partition coefficient (Wildman–Crippen LogP) is 3.30. The van der Waals surface area contributed by atoms with Gasteiger partial charge in [0, 0.05) is 0 Å². The van der Waals surface area contributed by atoms with E-state index in [-0.39, 0.29) is 0 Å². The van der Waals surface area contributed by atoms with Crippen LogP contribution in [0.25, 0.3) is 0 Å². The topological polar surface area (TPSA) is 0 Å². The maximum atomic E-state index is 3.40. The van der Waals surface area contributed by atoms with Crippen LogP contribution in [-0.2, 0) is 0 Å². The van der Waals surface area contributed by atoms with E-state index >= 15 is 0 Å². The summed E-state index contributed by atoms with van der Waals surface area (Å²) in [5.41, 5.74) is 4.94. The summed E-state index contributed by atoms with van der Waals surface area (Å²) in [5, 5.41) is 0. The van der Waals surface area contributed by atoms with Gasteiger partial charge < -0.3 is 0 Å². The van der Waals surface area contributed by atoms with Crippen LogP contribution in [0.1, 0.15) is 39.0 Å². The second kappa shape index (κ2) is 2.87. The summed E-state index contributed by atoms with van der Waals surface area (Å²) >= 11 is 0. The standard InChI is InChI=1S/C11H16/c1-2-9-6-7-11(8-9)10-4-3-5-10/h7,10-11H,2-5,8H2,1H3. The molecule has 2 aliphatic carbocycles. The van der Waals surface area contributed by atoms with Crippen molar-refractivity contribution in [2.45, 2.75) is 39.0 Å². The van der Waals surface area contributed by atoms with E-state index < -0.39 is 0 Å². The van der Waals surface area contributed by atoms with Gasteiger partial charge in [-0.15, -0.1) is 5.73 Å². The first kappa shape index (κ1) is 7.18. The monoisotopic (exact) mass is 148 g/mol. The summed E-state index contributed by atoms with van der Waals surface area (Å²) < 4.78 is 0. The molecule has 2 rings (SSSR count). The van der Waals surface area contributed by atoms with E-state index in [9.17, 15) is 0 Å². The molecule has 0 nitrogen and oxygen atoms in total. The third kappa shape index (κ3) is 1.28. The fraction of sp³-hybridized carbons (Fsp3) is 0.727. The molecule has 1 fully saturated rings. The molecular weight excluding hydrogens is 132 g/mol.